The third kappa shape index (κ3) is 4.21. The van der Waals surface area contributed by atoms with Gasteiger partial charge >= 0.3 is 0 Å². The Balaban J connectivity index is 1.85. The van der Waals surface area contributed by atoms with E-state index < -0.39 is 0 Å². The molecule has 2 nitrogen and oxygen atoms in total. The molecule has 1 N–H and O–H groups in total. The van der Waals surface area contributed by atoms with E-state index in [0.717, 1.165) is 23.9 Å². The van der Waals surface area contributed by atoms with Crippen LogP contribution in [0.15, 0.2) is 24.3 Å². The van der Waals surface area contributed by atoms with Crippen molar-refractivity contribution in [3.63, 3.8) is 0 Å². The van der Waals surface area contributed by atoms with E-state index in [1.54, 1.807) is 0 Å². The van der Waals surface area contributed by atoms with Gasteiger partial charge in [-0.3, -0.25) is 0 Å². The van der Waals surface area contributed by atoms with Crippen molar-refractivity contribution in [2.24, 2.45) is 5.92 Å². The molecule has 0 amide bonds. The first-order valence-corrected chi connectivity index (χ1v) is 8.26. The van der Waals surface area contributed by atoms with Crippen molar-refractivity contribution in [3.05, 3.63) is 34.9 Å². The molecule has 0 bridgehead atoms. The number of rotatable bonds is 7. The molecule has 1 aromatic rings. The van der Waals surface area contributed by atoms with E-state index in [0.29, 0.717) is 6.04 Å². The average Bonchev–Trinajstić information content (AvgIpc) is 2.89. The minimum atomic E-state index is 0.355. The monoisotopic (exact) mass is 294 g/mol. The first-order chi connectivity index (χ1) is 9.74. The van der Waals surface area contributed by atoms with Gasteiger partial charge in [-0.05, 0) is 56.9 Å². The summed E-state index contributed by atoms with van der Waals surface area (Å²) in [4.78, 5) is 2.61. The minimum Gasteiger partial charge on any atom is -0.313 e. The largest absolute Gasteiger partial charge is 0.313 e. The van der Waals surface area contributed by atoms with Gasteiger partial charge in [-0.25, -0.2) is 0 Å². The molecule has 2 atom stereocenters. The second-order valence-corrected chi connectivity index (χ2v) is 6.30. The Bertz CT molecular complexity index is 408. The predicted molar refractivity (Wildman–Crippen MR) is 87.3 cm³/mol. The molecule has 1 aromatic carbocycles. The van der Waals surface area contributed by atoms with Crippen LogP contribution in [0.3, 0.4) is 0 Å². The Morgan fingerprint density at radius 1 is 1.40 bits per heavy atom. The van der Waals surface area contributed by atoms with Crippen LogP contribution in [0.1, 0.15) is 44.2 Å². The lowest BCUT2D eigenvalue weighted by Gasteiger charge is -2.22. The van der Waals surface area contributed by atoms with Crippen molar-refractivity contribution in [1.82, 2.24) is 10.2 Å². The predicted octanol–water partition coefficient (Wildman–Crippen LogP) is 4.11. The Kier molecular flexibility index (Phi) is 6.34. The van der Waals surface area contributed by atoms with Crippen LogP contribution in [0.2, 0.25) is 5.02 Å². The Hall–Kier alpha value is -0.570. The SMILES string of the molecule is CCCC1CCN(CCC(NC)c2ccccc2Cl)C1. The molecule has 2 rings (SSSR count). The smallest absolute Gasteiger partial charge is 0.0453 e. The molecule has 2 unspecified atom stereocenters. The summed E-state index contributed by atoms with van der Waals surface area (Å²) in [5.41, 5.74) is 1.22. The number of halogens is 1. The van der Waals surface area contributed by atoms with Crippen LogP contribution < -0.4 is 5.32 Å². The first-order valence-electron chi connectivity index (χ1n) is 7.88. The molecule has 0 radical (unpaired) electrons. The average molecular weight is 295 g/mol. The third-order valence-corrected chi connectivity index (χ3v) is 4.77. The third-order valence-electron chi connectivity index (χ3n) is 4.43. The van der Waals surface area contributed by atoms with Crippen LogP contribution in [0.4, 0.5) is 0 Å². The number of benzene rings is 1. The van der Waals surface area contributed by atoms with Gasteiger partial charge in [0.2, 0.25) is 0 Å². The van der Waals surface area contributed by atoms with E-state index in [-0.39, 0.29) is 0 Å². The van der Waals surface area contributed by atoms with Crippen LogP contribution >= 0.6 is 11.6 Å². The quantitative estimate of drug-likeness (QED) is 0.814. The molecule has 1 fully saturated rings. The summed E-state index contributed by atoms with van der Waals surface area (Å²) < 4.78 is 0. The standard InChI is InChI=1S/C17H27ClN2/c1-3-6-14-9-11-20(13-14)12-10-17(19-2)15-7-4-5-8-16(15)18/h4-5,7-8,14,17,19H,3,6,9-13H2,1-2H3. The fourth-order valence-corrected chi connectivity index (χ4v) is 3.55. The molecular formula is C17H27ClN2. The second-order valence-electron chi connectivity index (χ2n) is 5.90. The molecule has 0 saturated carbocycles. The summed E-state index contributed by atoms with van der Waals surface area (Å²) in [6.45, 7) is 6.00. The van der Waals surface area contributed by atoms with Crippen molar-refractivity contribution in [1.29, 1.82) is 0 Å². The number of likely N-dealkylation sites (tertiary alicyclic amines) is 1. The van der Waals surface area contributed by atoms with Crippen molar-refractivity contribution in [2.45, 2.75) is 38.6 Å². The lowest BCUT2D eigenvalue weighted by molar-refractivity contribution is 0.299. The molecule has 0 spiro atoms. The van der Waals surface area contributed by atoms with Gasteiger partial charge in [0.05, 0.1) is 0 Å². The van der Waals surface area contributed by atoms with E-state index >= 15 is 0 Å². The lowest BCUT2D eigenvalue weighted by atomic mass is 10.0. The van der Waals surface area contributed by atoms with Crippen molar-refractivity contribution < 1.29 is 0 Å². The van der Waals surface area contributed by atoms with E-state index in [4.69, 9.17) is 11.6 Å². The van der Waals surface area contributed by atoms with E-state index in [1.807, 2.05) is 19.2 Å². The highest BCUT2D eigenvalue weighted by atomic mass is 35.5. The van der Waals surface area contributed by atoms with Gasteiger partial charge in [0.1, 0.15) is 0 Å². The number of nitrogens with zero attached hydrogens (tertiary/aromatic N) is 1. The number of hydrogen-bond donors (Lipinski definition) is 1. The first kappa shape index (κ1) is 15.8. The fourth-order valence-electron chi connectivity index (χ4n) is 3.28. The minimum absolute atomic E-state index is 0.355. The van der Waals surface area contributed by atoms with E-state index in [2.05, 4.69) is 29.3 Å². The van der Waals surface area contributed by atoms with Gasteiger partial charge < -0.3 is 10.2 Å². The zero-order chi connectivity index (χ0) is 14.4. The summed E-state index contributed by atoms with van der Waals surface area (Å²) in [5.74, 6) is 0.924. The van der Waals surface area contributed by atoms with Crippen LogP contribution in [0, 0.1) is 5.92 Å². The topological polar surface area (TPSA) is 15.3 Å². The maximum Gasteiger partial charge on any atom is 0.0453 e. The zero-order valence-corrected chi connectivity index (χ0v) is 13.5. The zero-order valence-electron chi connectivity index (χ0n) is 12.7. The van der Waals surface area contributed by atoms with Crippen LogP contribution in [-0.2, 0) is 0 Å². The summed E-state index contributed by atoms with van der Waals surface area (Å²) in [7, 11) is 2.03. The van der Waals surface area contributed by atoms with Gasteiger partial charge in [-0.1, -0.05) is 43.1 Å². The summed E-state index contributed by atoms with van der Waals surface area (Å²) in [6.07, 6.45) is 5.21. The lowest BCUT2D eigenvalue weighted by Crippen LogP contribution is -2.27. The van der Waals surface area contributed by atoms with Crippen molar-refractivity contribution in [2.75, 3.05) is 26.7 Å². The summed E-state index contributed by atoms with van der Waals surface area (Å²) in [5, 5.41) is 4.28. The molecule has 0 aromatic heterocycles. The molecule has 1 aliphatic rings. The van der Waals surface area contributed by atoms with Crippen molar-refractivity contribution in [3.8, 4) is 0 Å². The molecule has 112 valence electrons. The van der Waals surface area contributed by atoms with Crippen LogP contribution in [0.5, 0.6) is 0 Å². The maximum absolute atomic E-state index is 6.30. The highest BCUT2D eigenvalue weighted by Crippen LogP contribution is 2.26. The number of hydrogen-bond acceptors (Lipinski definition) is 2. The van der Waals surface area contributed by atoms with Gasteiger partial charge in [0, 0.05) is 17.6 Å². The Morgan fingerprint density at radius 3 is 2.90 bits per heavy atom. The molecule has 1 heterocycles. The van der Waals surface area contributed by atoms with Gasteiger partial charge in [0.15, 0.2) is 0 Å². The normalized spacial score (nSPS) is 21.2. The number of nitrogens with one attached hydrogen (secondary N) is 1. The second kappa shape index (κ2) is 8.02. The molecule has 1 saturated heterocycles. The molecular weight excluding hydrogens is 268 g/mol. The molecule has 3 heteroatoms. The highest BCUT2D eigenvalue weighted by Gasteiger charge is 2.22. The highest BCUT2D eigenvalue weighted by molar-refractivity contribution is 6.31. The summed E-state index contributed by atoms with van der Waals surface area (Å²) in [6, 6.07) is 8.53. The summed E-state index contributed by atoms with van der Waals surface area (Å²) >= 11 is 6.30. The molecule has 20 heavy (non-hydrogen) atoms. The Morgan fingerprint density at radius 2 is 2.20 bits per heavy atom. The molecule has 1 aliphatic heterocycles. The maximum atomic E-state index is 6.30. The Labute approximate surface area is 128 Å². The van der Waals surface area contributed by atoms with Crippen molar-refractivity contribution >= 4 is 11.6 Å². The van der Waals surface area contributed by atoms with Crippen LogP contribution in [-0.4, -0.2) is 31.6 Å². The van der Waals surface area contributed by atoms with E-state index in [9.17, 15) is 0 Å². The van der Waals surface area contributed by atoms with Gasteiger partial charge in [-0.2, -0.15) is 0 Å². The fraction of sp³-hybridized carbons (Fsp3) is 0.647. The molecule has 0 aliphatic carbocycles. The van der Waals surface area contributed by atoms with Gasteiger partial charge in [-0.15, -0.1) is 0 Å². The van der Waals surface area contributed by atoms with E-state index in [1.165, 1.54) is 37.9 Å². The van der Waals surface area contributed by atoms with Crippen LogP contribution in [0.25, 0.3) is 0 Å². The van der Waals surface area contributed by atoms with Gasteiger partial charge in [0.25, 0.3) is 0 Å².